The standard InChI is InChI=1S/C6H11NO3/c1-10-4-5-2-3-7(5)6(8)9/h5H,2-4H2,1H3,(H,8,9)/t5-/m0/s1. The molecule has 0 saturated carbocycles. The molecule has 0 aromatic rings. The molecule has 0 aromatic carbocycles. The van der Waals surface area contributed by atoms with E-state index in [0.717, 1.165) is 6.42 Å². The molecule has 4 heteroatoms. The van der Waals surface area contributed by atoms with Gasteiger partial charge in [-0.3, -0.25) is 0 Å². The van der Waals surface area contributed by atoms with Gasteiger partial charge in [0.05, 0.1) is 12.6 Å². The second-order valence-electron chi connectivity index (χ2n) is 2.37. The van der Waals surface area contributed by atoms with E-state index in [1.54, 1.807) is 7.11 Å². The van der Waals surface area contributed by atoms with E-state index in [0.29, 0.717) is 13.2 Å². The van der Waals surface area contributed by atoms with E-state index in [1.165, 1.54) is 4.90 Å². The third-order valence-corrected chi connectivity index (χ3v) is 1.75. The van der Waals surface area contributed by atoms with Crippen LogP contribution in [0.15, 0.2) is 0 Å². The van der Waals surface area contributed by atoms with Crippen molar-refractivity contribution in [1.29, 1.82) is 0 Å². The predicted octanol–water partition coefficient (Wildman–Crippen LogP) is 0.385. The summed E-state index contributed by atoms with van der Waals surface area (Å²) in [6.45, 7) is 1.18. The first kappa shape index (κ1) is 7.34. The Balaban J connectivity index is 2.28. The van der Waals surface area contributed by atoms with E-state index < -0.39 is 6.09 Å². The predicted molar refractivity (Wildman–Crippen MR) is 35.0 cm³/mol. The number of carboxylic acid groups (broad SMARTS) is 1. The van der Waals surface area contributed by atoms with Crippen LogP contribution in [-0.4, -0.2) is 42.4 Å². The molecule has 0 bridgehead atoms. The monoisotopic (exact) mass is 145 g/mol. The van der Waals surface area contributed by atoms with Crippen molar-refractivity contribution in [2.75, 3.05) is 20.3 Å². The Hall–Kier alpha value is -0.770. The SMILES string of the molecule is COC[C@@H]1CCN1C(=O)O. The first-order valence-corrected chi connectivity index (χ1v) is 3.24. The van der Waals surface area contributed by atoms with Gasteiger partial charge in [0.15, 0.2) is 0 Å². The molecule has 4 nitrogen and oxygen atoms in total. The topological polar surface area (TPSA) is 49.8 Å². The van der Waals surface area contributed by atoms with Crippen LogP contribution in [0, 0.1) is 0 Å². The van der Waals surface area contributed by atoms with Crippen molar-refractivity contribution >= 4 is 6.09 Å². The van der Waals surface area contributed by atoms with Crippen LogP contribution in [-0.2, 0) is 4.74 Å². The molecular weight excluding hydrogens is 134 g/mol. The van der Waals surface area contributed by atoms with Crippen molar-refractivity contribution in [3.05, 3.63) is 0 Å². The Morgan fingerprint density at radius 2 is 2.60 bits per heavy atom. The molecular formula is C6H11NO3. The summed E-state index contributed by atoms with van der Waals surface area (Å²) in [5.74, 6) is 0. The zero-order valence-corrected chi connectivity index (χ0v) is 5.91. The first-order chi connectivity index (χ1) is 4.75. The summed E-state index contributed by atoms with van der Waals surface area (Å²) < 4.78 is 4.82. The van der Waals surface area contributed by atoms with Gasteiger partial charge in [0.2, 0.25) is 0 Å². The van der Waals surface area contributed by atoms with Gasteiger partial charge in [-0.25, -0.2) is 4.79 Å². The minimum absolute atomic E-state index is 0.0995. The van der Waals surface area contributed by atoms with E-state index in [-0.39, 0.29) is 6.04 Å². The van der Waals surface area contributed by atoms with Crippen LogP contribution in [0.3, 0.4) is 0 Å². The van der Waals surface area contributed by atoms with Crippen LogP contribution in [0.1, 0.15) is 6.42 Å². The quantitative estimate of drug-likeness (QED) is 0.611. The van der Waals surface area contributed by atoms with Crippen LogP contribution in [0.5, 0.6) is 0 Å². The lowest BCUT2D eigenvalue weighted by Gasteiger charge is -2.37. The minimum Gasteiger partial charge on any atom is -0.465 e. The minimum atomic E-state index is -0.840. The van der Waals surface area contributed by atoms with Crippen LogP contribution >= 0.6 is 0 Å². The van der Waals surface area contributed by atoms with Gasteiger partial charge in [-0.15, -0.1) is 0 Å². The lowest BCUT2D eigenvalue weighted by atomic mass is 10.1. The van der Waals surface area contributed by atoms with Gasteiger partial charge in [0, 0.05) is 13.7 Å². The Morgan fingerprint density at radius 3 is 2.90 bits per heavy atom. The molecule has 1 atom stereocenters. The Labute approximate surface area is 59.4 Å². The van der Waals surface area contributed by atoms with Crippen molar-refractivity contribution in [1.82, 2.24) is 4.90 Å². The highest BCUT2D eigenvalue weighted by atomic mass is 16.5. The lowest BCUT2D eigenvalue weighted by Crippen LogP contribution is -2.52. The maximum absolute atomic E-state index is 10.3. The summed E-state index contributed by atoms with van der Waals surface area (Å²) in [7, 11) is 1.58. The highest BCUT2D eigenvalue weighted by Gasteiger charge is 2.31. The number of nitrogens with zero attached hydrogens (tertiary/aromatic N) is 1. The van der Waals surface area contributed by atoms with Gasteiger partial charge in [-0.05, 0) is 6.42 Å². The summed E-state index contributed by atoms with van der Waals surface area (Å²) in [5.41, 5.74) is 0. The lowest BCUT2D eigenvalue weighted by molar-refractivity contribution is 0.0288. The van der Waals surface area contributed by atoms with E-state index in [9.17, 15) is 4.79 Å². The number of likely N-dealkylation sites (tertiary alicyclic amines) is 1. The van der Waals surface area contributed by atoms with Crippen LogP contribution < -0.4 is 0 Å². The molecule has 1 N–H and O–H groups in total. The fourth-order valence-corrected chi connectivity index (χ4v) is 1.06. The third kappa shape index (κ3) is 1.21. The molecule has 10 heavy (non-hydrogen) atoms. The third-order valence-electron chi connectivity index (χ3n) is 1.75. The van der Waals surface area contributed by atoms with Gasteiger partial charge in [0.1, 0.15) is 0 Å². The number of hydrogen-bond donors (Lipinski definition) is 1. The summed E-state index contributed by atoms with van der Waals surface area (Å²) in [4.78, 5) is 11.7. The molecule has 0 aromatic heterocycles. The number of methoxy groups -OCH3 is 1. The highest BCUT2D eigenvalue weighted by Crippen LogP contribution is 2.16. The molecule has 58 valence electrons. The van der Waals surface area contributed by atoms with Crippen LogP contribution in [0.2, 0.25) is 0 Å². The molecule has 0 aliphatic carbocycles. The summed E-state index contributed by atoms with van der Waals surface area (Å²) >= 11 is 0. The number of rotatable bonds is 2. The molecule has 0 radical (unpaired) electrons. The van der Waals surface area contributed by atoms with Crippen molar-refractivity contribution in [3.8, 4) is 0 Å². The van der Waals surface area contributed by atoms with Gasteiger partial charge in [0.25, 0.3) is 0 Å². The van der Waals surface area contributed by atoms with E-state index in [1.807, 2.05) is 0 Å². The number of ether oxygens (including phenoxy) is 1. The maximum atomic E-state index is 10.3. The van der Waals surface area contributed by atoms with E-state index in [2.05, 4.69) is 0 Å². The second kappa shape index (κ2) is 2.88. The summed E-state index contributed by atoms with van der Waals surface area (Å²) in [6, 6.07) is 0.0995. The van der Waals surface area contributed by atoms with Gasteiger partial charge in [-0.1, -0.05) is 0 Å². The number of carbonyl (C=O) groups is 1. The molecule has 1 aliphatic heterocycles. The average Bonchev–Trinajstić information content (AvgIpc) is 1.78. The zero-order valence-electron chi connectivity index (χ0n) is 5.91. The van der Waals surface area contributed by atoms with Gasteiger partial charge >= 0.3 is 6.09 Å². The first-order valence-electron chi connectivity index (χ1n) is 3.24. The van der Waals surface area contributed by atoms with Gasteiger partial charge in [-0.2, -0.15) is 0 Å². The molecule has 1 amide bonds. The molecule has 1 rings (SSSR count). The normalized spacial score (nSPS) is 24.1. The Kier molecular flexibility index (Phi) is 2.11. The molecule has 1 saturated heterocycles. The average molecular weight is 145 g/mol. The van der Waals surface area contributed by atoms with Crippen molar-refractivity contribution in [2.24, 2.45) is 0 Å². The largest absolute Gasteiger partial charge is 0.465 e. The fourth-order valence-electron chi connectivity index (χ4n) is 1.06. The second-order valence-corrected chi connectivity index (χ2v) is 2.37. The van der Waals surface area contributed by atoms with Crippen molar-refractivity contribution in [2.45, 2.75) is 12.5 Å². The maximum Gasteiger partial charge on any atom is 0.407 e. The molecule has 1 fully saturated rings. The zero-order chi connectivity index (χ0) is 7.56. The van der Waals surface area contributed by atoms with E-state index >= 15 is 0 Å². The summed E-state index contributed by atoms with van der Waals surface area (Å²) in [6.07, 6.45) is 0.0912. The fraction of sp³-hybridized carbons (Fsp3) is 0.833. The highest BCUT2D eigenvalue weighted by molar-refractivity contribution is 5.66. The smallest absolute Gasteiger partial charge is 0.407 e. The Bertz CT molecular complexity index is 137. The molecule has 0 spiro atoms. The van der Waals surface area contributed by atoms with Crippen LogP contribution in [0.25, 0.3) is 0 Å². The number of amides is 1. The molecule has 1 heterocycles. The number of hydrogen-bond acceptors (Lipinski definition) is 2. The van der Waals surface area contributed by atoms with Gasteiger partial charge < -0.3 is 14.7 Å². The molecule has 1 aliphatic rings. The van der Waals surface area contributed by atoms with Crippen LogP contribution in [0.4, 0.5) is 4.79 Å². The Morgan fingerprint density at radius 1 is 1.90 bits per heavy atom. The van der Waals surface area contributed by atoms with Crippen molar-refractivity contribution < 1.29 is 14.6 Å². The summed E-state index contributed by atoms with van der Waals surface area (Å²) in [5, 5.41) is 8.50. The van der Waals surface area contributed by atoms with Crippen molar-refractivity contribution in [3.63, 3.8) is 0 Å². The molecule has 0 unspecified atom stereocenters. The van der Waals surface area contributed by atoms with E-state index in [4.69, 9.17) is 9.84 Å².